The number of Topliss-reactive ketones (excluding diaryl/α,β-unsaturated/α-hetero) is 1. The van der Waals surface area contributed by atoms with Crippen molar-refractivity contribution in [3.8, 4) is 0 Å². The fourth-order valence-corrected chi connectivity index (χ4v) is 1.14. The molecule has 0 saturated heterocycles. The lowest BCUT2D eigenvalue weighted by Gasteiger charge is -2.13. The number of aliphatic hydroxyl groups is 1. The Morgan fingerprint density at radius 1 is 1.43 bits per heavy atom. The number of benzene rings is 1. The highest BCUT2D eigenvalue weighted by Crippen LogP contribution is 2.11. The van der Waals surface area contributed by atoms with Crippen LogP contribution in [-0.4, -0.2) is 17.0 Å². The molecule has 1 rings (SSSR count). The van der Waals surface area contributed by atoms with Crippen LogP contribution in [0.5, 0.6) is 0 Å². The van der Waals surface area contributed by atoms with Gasteiger partial charge in [0, 0.05) is 11.5 Å². The summed E-state index contributed by atoms with van der Waals surface area (Å²) in [5.41, 5.74) is 0.536. The van der Waals surface area contributed by atoms with Gasteiger partial charge in [-0.1, -0.05) is 43.3 Å². The summed E-state index contributed by atoms with van der Waals surface area (Å²) in [5, 5.41) is 9.62. The normalized spacial score (nSPS) is 14.4. The molecule has 0 amide bonds. The predicted molar refractivity (Wildman–Crippen MR) is 56.1 cm³/mol. The van der Waals surface area contributed by atoms with Crippen LogP contribution >= 0.6 is 0 Å². The van der Waals surface area contributed by atoms with Crippen molar-refractivity contribution >= 4 is 5.78 Å². The number of aliphatic hydroxyl groups excluding tert-OH is 1. The van der Waals surface area contributed by atoms with Gasteiger partial charge in [-0.2, -0.15) is 0 Å². The molecule has 2 heteroatoms. The minimum Gasteiger partial charge on any atom is -0.384 e. The molecule has 0 saturated carbocycles. The van der Waals surface area contributed by atoms with Crippen LogP contribution in [0.3, 0.4) is 0 Å². The van der Waals surface area contributed by atoms with Crippen LogP contribution in [0, 0.1) is 5.92 Å². The maximum atomic E-state index is 11.6. The van der Waals surface area contributed by atoms with Crippen molar-refractivity contribution in [3.63, 3.8) is 0 Å². The predicted octanol–water partition coefficient (Wildman–Crippen LogP) is 2.05. The van der Waals surface area contributed by atoms with Gasteiger partial charge in [0.25, 0.3) is 0 Å². The lowest BCUT2D eigenvalue weighted by Crippen LogP contribution is -2.26. The van der Waals surface area contributed by atoms with Gasteiger partial charge < -0.3 is 5.11 Å². The molecule has 0 aromatic heterocycles. The number of carbonyl (C=O) groups is 1. The van der Waals surface area contributed by atoms with Crippen LogP contribution < -0.4 is 0 Å². The third-order valence-corrected chi connectivity index (χ3v) is 2.20. The first-order valence-corrected chi connectivity index (χ1v) is 4.56. The minimum absolute atomic E-state index is 0.220. The molecule has 2 atom stereocenters. The molecule has 1 aromatic rings. The zero-order chi connectivity index (χ0) is 10.6. The second-order valence-corrected chi connectivity index (χ2v) is 3.27. The third-order valence-electron chi connectivity index (χ3n) is 2.20. The van der Waals surface area contributed by atoms with Crippen molar-refractivity contribution in [2.45, 2.75) is 13.0 Å². The van der Waals surface area contributed by atoms with Crippen LogP contribution in [0.4, 0.5) is 0 Å². The SMILES string of the molecule is C=C[C@@H](C)[C@@H](O)C(=O)c1ccccc1. The number of carbonyl (C=O) groups excluding carboxylic acids is 1. The Hall–Kier alpha value is -1.41. The number of hydrogen-bond donors (Lipinski definition) is 1. The summed E-state index contributed by atoms with van der Waals surface area (Å²) < 4.78 is 0. The van der Waals surface area contributed by atoms with E-state index in [4.69, 9.17) is 0 Å². The molecule has 0 aliphatic heterocycles. The van der Waals surface area contributed by atoms with Gasteiger partial charge in [-0.05, 0) is 0 Å². The fourth-order valence-electron chi connectivity index (χ4n) is 1.14. The molecular formula is C12H14O2. The van der Waals surface area contributed by atoms with Gasteiger partial charge in [-0.15, -0.1) is 6.58 Å². The highest BCUT2D eigenvalue weighted by molar-refractivity contribution is 5.99. The van der Waals surface area contributed by atoms with E-state index in [1.807, 2.05) is 6.07 Å². The molecule has 0 aliphatic rings. The molecular weight excluding hydrogens is 176 g/mol. The second-order valence-electron chi connectivity index (χ2n) is 3.27. The zero-order valence-electron chi connectivity index (χ0n) is 8.18. The summed E-state index contributed by atoms with van der Waals surface area (Å²) >= 11 is 0. The van der Waals surface area contributed by atoms with Crippen molar-refractivity contribution in [2.24, 2.45) is 5.92 Å². The molecule has 1 aromatic carbocycles. The molecule has 0 fully saturated rings. The number of hydrogen-bond acceptors (Lipinski definition) is 2. The maximum absolute atomic E-state index is 11.6. The van der Waals surface area contributed by atoms with E-state index in [0.29, 0.717) is 5.56 Å². The molecule has 0 spiro atoms. The summed E-state index contributed by atoms with van der Waals surface area (Å²) in [6.45, 7) is 5.31. The van der Waals surface area contributed by atoms with Gasteiger partial charge in [0.05, 0.1) is 0 Å². The summed E-state index contributed by atoms with van der Waals surface area (Å²) in [4.78, 5) is 11.6. The lowest BCUT2D eigenvalue weighted by atomic mass is 9.97. The van der Waals surface area contributed by atoms with Crippen LogP contribution in [0.2, 0.25) is 0 Å². The Morgan fingerprint density at radius 3 is 2.50 bits per heavy atom. The van der Waals surface area contributed by atoms with Crippen molar-refractivity contribution in [1.82, 2.24) is 0 Å². The molecule has 74 valence electrons. The fraction of sp³-hybridized carbons (Fsp3) is 0.250. The van der Waals surface area contributed by atoms with Gasteiger partial charge in [-0.25, -0.2) is 0 Å². The summed E-state index contributed by atoms with van der Waals surface area (Å²) in [7, 11) is 0. The molecule has 2 nitrogen and oxygen atoms in total. The summed E-state index contributed by atoms with van der Waals surface area (Å²) in [6.07, 6.45) is 0.584. The quantitative estimate of drug-likeness (QED) is 0.582. The lowest BCUT2D eigenvalue weighted by molar-refractivity contribution is 0.0676. The largest absolute Gasteiger partial charge is 0.384 e. The highest BCUT2D eigenvalue weighted by atomic mass is 16.3. The molecule has 0 heterocycles. The molecule has 1 N–H and O–H groups in total. The smallest absolute Gasteiger partial charge is 0.191 e. The second kappa shape index (κ2) is 4.72. The van der Waals surface area contributed by atoms with Crippen LogP contribution in [0.1, 0.15) is 17.3 Å². The average molecular weight is 190 g/mol. The van der Waals surface area contributed by atoms with Crippen LogP contribution in [-0.2, 0) is 0 Å². The van der Waals surface area contributed by atoms with E-state index < -0.39 is 6.10 Å². The van der Waals surface area contributed by atoms with Crippen LogP contribution in [0.15, 0.2) is 43.0 Å². The van der Waals surface area contributed by atoms with Crippen LogP contribution in [0.25, 0.3) is 0 Å². The summed E-state index contributed by atoms with van der Waals surface area (Å²) in [6, 6.07) is 8.78. The van der Waals surface area contributed by atoms with E-state index in [1.165, 1.54) is 0 Å². The molecule has 0 bridgehead atoms. The Bertz CT molecular complexity index is 316. The standard InChI is InChI=1S/C12H14O2/c1-3-9(2)11(13)12(14)10-7-5-4-6-8-10/h3-9,11,13H,1H2,2H3/t9-,11-/m1/s1. The maximum Gasteiger partial charge on any atom is 0.191 e. The first-order chi connectivity index (χ1) is 6.66. The molecule has 0 aliphatic carbocycles. The topological polar surface area (TPSA) is 37.3 Å². The monoisotopic (exact) mass is 190 g/mol. The van der Waals surface area contributed by atoms with Gasteiger partial charge in [0.15, 0.2) is 5.78 Å². The van der Waals surface area contributed by atoms with E-state index in [1.54, 1.807) is 37.3 Å². The Labute approximate surface area is 83.9 Å². The van der Waals surface area contributed by atoms with Crippen molar-refractivity contribution in [3.05, 3.63) is 48.6 Å². The van der Waals surface area contributed by atoms with E-state index in [-0.39, 0.29) is 11.7 Å². The highest BCUT2D eigenvalue weighted by Gasteiger charge is 2.20. The summed E-state index contributed by atoms with van der Waals surface area (Å²) in [5.74, 6) is -0.472. The first-order valence-electron chi connectivity index (χ1n) is 4.56. The van der Waals surface area contributed by atoms with Gasteiger partial charge >= 0.3 is 0 Å². The number of ketones is 1. The first kappa shape index (κ1) is 10.7. The average Bonchev–Trinajstić information content (AvgIpc) is 2.27. The van der Waals surface area contributed by atoms with Gasteiger partial charge in [-0.3, -0.25) is 4.79 Å². The third kappa shape index (κ3) is 2.30. The van der Waals surface area contributed by atoms with E-state index in [2.05, 4.69) is 6.58 Å². The zero-order valence-corrected chi connectivity index (χ0v) is 8.18. The molecule has 0 unspecified atom stereocenters. The van der Waals surface area contributed by atoms with Crippen molar-refractivity contribution in [2.75, 3.05) is 0 Å². The molecule has 14 heavy (non-hydrogen) atoms. The Balaban J connectivity index is 2.81. The minimum atomic E-state index is -0.991. The van der Waals surface area contributed by atoms with Gasteiger partial charge in [0.2, 0.25) is 0 Å². The van der Waals surface area contributed by atoms with E-state index >= 15 is 0 Å². The number of rotatable bonds is 4. The Morgan fingerprint density at radius 2 is 2.00 bits per heavy atom. The van der Waals surface area contributed by atoms with Gasteiger partial charge in [0.1, 0.15) is 6.10 Å². The molecule has 0 radical (unpaired) electrons. The van der Waals surface area contributed by atoms with E-state index in [0.717, 1.165) is 0 Å². The van der Waals surface area contributed by atoms with Crippen molar-refractivity contribution < 1.29 is 9.90 Å². The Kier molecular flexibility index (Phi) is 3.60. The van der Waals surface area contributed by atoms with Crippen molar-refractivity contribution in [1.29, 1.82) is 0 Å². The van der Waals surface area contributed by atoms with E-state index in [9.17, 15) is 9.90 Å².